The third-order valence-electron chi connectivity index (χ3n) is 3.60. The lowest BCUT2D eigenvalue weighted by Crippen LogP contribution is -2.35. The molecule has 0 aliphatic carbocycles. The van der Waals surface area contributed by atoms with Gasteiger partial charge in [-0.1, -0.05) is 0 Å². The minimum atomic E-state index is -1.40. The normalized spacial score (nSPS) is 28.1. The maximum absolute atomic E-state index is 12.6. The van der Waals surface area contributed by atoms with Crippen LogP contribution >= 0.6 is 15.9 Å². The summed E-state index contributed by atoms with van der Waals surface area (Å²) in [5.41, 5.74) is -0.289. The number of nitriles is 1. The molecular weight excluding hydrogens is 360 g/mol. The van der Waals surface area contributed by atoms with Gasteiger partial charge in [0.15, 0.2) is 6.23 Å². The van der Waals surface area contributed by atoms with E-state index in [2.05, 4.69) is 25.9 Å². The molecule has 22 heavy (non-hydrogen) atoms. The quantitative estimate of drug-likeness (QED) is 0.528. The molecule has 0 bridgehead atoms. The number of hydrogen-bond acceptors (Lipinski definition) is 7. The Morgan fingerprint density at radius 1 is 1.50 bits per heavy atom. The summed E-state index contributed by atoms with van der Waals surface area (Å²) in [5.74, 6) is 0. The summed E-state index contributed by atoms with van der Waals surface area (Å²) in [4.78, 5) is 19.3. The average molecular weight is 371 g/mol. The standard InChI is InChI=1S/C12H11BrN4O5/c13-9-4(1-14)6-10(16-9)15-3-17(11(6)21)12-8(20)7(19)5(2-18)22-12/h3,5,7-8,12,16,18-20H,2H2/t5-,7-,8-,12-/m1/s1. The second-order valence-corrected chi connectivity index (χ2v) is 5.63. The molecule has 1 aliphatic heterocycles. The third kappa shape index (κ3) is 2.06. The van der Waals surface area contributed by atoms with Crippen molar-refractivity contribution in [3.05, 3.63) is 26.8 Å². The van der Waals surface area contributed by atoms with Crippen LogP contribution in [0.3, 0.4) is 0 Å². The molecule has 3 heterocycles. The van der Waals surface area contributed by atoms with Gasteiger partial charge < -0.3 is 25.0 Å². The molecule has 2 aromatic rings. The van der Waals surface area contributed by atoms with Gasteiger partial charge in [0.2, 0.25) is 0 Å². The Labute approximate surface area is 131 Å². The van der Waals surface area contributed by atoms with Crippen LogP contribution < -0.4 is 5.56 Å². The van der Waals surface area contributed by atoms with Crippen molar-refractivity contribution in [3.63, 3.8) is 0 Å². The van der Waals surface area contributed by atoms with E-state index in [1.165, 1.54) is 0 Å². The molecular formula is C12H11BrN4O5. The van der Waals surface area contributed by atoms with Gasteiger partial charge in [-0.3, -0.25) is 9.36 Å². The van der Waals surface area contributed by atoms with Crippen LogP contribution in [0, 0.1) is 11.3 Å². The molecule has 0 saturated carbocycles. The molecule has 4 atom stereocenters. The topological polar surface area (TPSA) is 144 Å². The van der Waals surface area contributed by atoms with Crippen molar-refractivity contribution in [1.29, 1.82) is 5.26 Å². The summed E-state index contributed by atoms with van der Waals surface area (Å²) in [6, 6.07) is 1.89. The number of hydrogen-bond donors (Lipinski definition) is 4. The first-order chi connectivity index (χ1) is 10.5. The van der Waals surface area contributed by atoms with Gasteiger partial charge in [-0.05, 0) is 15.9 Å². The highest BCUT2D eigenvalue weighted by Crippen LogP contribution is 2.29. The molecule has 0 amide bonds. The smallest absolute Gasteiger partial charge is 0.266 e. The molecule has 4 N–H and O–H groups in total. The van der Waals surface area contributed by atoms with Gasteiger partial charge in [-0.25, -0.2) is 4.98 Å². The Kier molecular flexibility index (Phi) is 3.75. The largest absolute Gasteiger partial charge is 0.394 e. The first-order valence-electron chi connectivity index (χ1n) is 6.30. The highest BCUT2D eigenvalue weighted by atomic mass is 79.9. The molecule has 0 radical (unpaired) electrons. The molecule has 3 rings (SSSR count). The van der Waals surface area contributed by atoms with Crippen molar-refractivity contribution in [2.24, 2.45) is 0 Å². The number of nitrogens with zero attached hydrogens (tertiary/aromatic N) is 3. The van der Waals surface area contributed by atoms with Gasteiger partial charge >= 0.3 is 0 Å². The van der Waals surface area contributed by atoms with E-state index in [0.717, 1.165) is 10.9 Å². The van der Waals surface area contributed by atoms with Crippen LogP contribution in [0.25, 0.3) is 11.0 Å². The van der Waals surface area contributed by atoms with E-state index in [1.54, 1.807) is 0 Å². The fraction of sp³-hybridized carbons (Fsp3) is 0.417. The first-order valence-corrected chi connectivity index (χ1v) is 7.09. The number of fused-ring (bicyclic) bond motifs is 1. The van der Waals surface area contributed by atoms with Crippen molar-refractivity contribution < 1.29 is 20.1 Å². The van der Waals surface area contributed by atoms with Gasteiger partial charge in [0.25, 0.3) is 5.56 Å². The Balaban J connectivity index is 2.15. The maximum atomic E-state index is 12.6. The number of rotatable bonds is 2. The number of H-pyrrole nitrogens is 1. The number of ether oxygens (including phenoxy) is 1. The highest BCUT2D eigenvalue weighted by Gasteiger charge is 2.44. The summed E-state index contributed by atoms with van der Waals surface area (Å²) in [7, 11) is 0. The van der Waals surface area contributed by atoms with E-state index in [4.69, 9.17) is 15.1 Å². The van der Waals surface area contributed by atoms with E-state index >= 15 is 0 Å². The lowest BCUT2D eigenvalue weighted by molar-refractivity contribution is -0.0546. The summed E-state index contributed by atoms with van der Waals surface area (Å²) in [5, 5.41) is 38.0. The van der Waals surface area contributed by atoms with Crippen molar-refractivity contribution in [3.8, 4) is 6.07 Å². The maximum Gasteiger partial charge on any atom is 0.266 e. The second kappa shape index (κ2) is 5.45. The number of aromatic amines is 1. The molecule has 116 valence electrons. The minimum Gasteiger partial charge on any atom is -0.394 e. The van der Waals surface area contributed by atoms with Crippen LogP contribution in [0.15, 0.2) is 15.7 Å². The molecule has 10 heteroatoms. The molecule has 9 nitrogen and oxygen atoms in total. The Bertz CT molecular complexity index is 825. The number of nitrogens with one attached hydrogen (secondary N) is 1. The Hall–Kier alpha value is -1.77. The van der Waals surface area contributed by atoms with Crippen LogP contribution in [-0.2, 0) is 4.74 Å². The van der Waals surface area contributed by atoms with Crippen LogP contribution in [0.1, 0.15) is 11.8 Å². The minimum absolute atomic E-state index is 0.0506. The number of halogens is 1. The monoisotopic (exact) mass is 370 g/mol. The van der Waals surface area contributed by atoms with Gasteiger partial charge in [0.1, 0.15) is 46.3 Å². The number of aromatic nitrogens is 3. The number of aliphatic hydroxyl groups excluding tert-OH is 3. The SMILES string of the molecule is N#Cc1c(Br)[nH]c2ncn([C@@H]3O[C@H](CO)[C@@H](O)[C@H]3O)c(=O)c12. The van der Waals surface area contributed by atoms with E-state index in [0.29, 0.717) is 4.60 Å². The van der Waals surface area contributed by atoms with Crippen LogP contribution in [0.5, 0.6) is 0 Å². The molecule has 1 saturated heterocycles. The summed E-state index contributed by atoms with van der Waals surface area (Å²) >= 11 is 3.13. The summed E-state index contributed by atoms with van der Waals surface area (Å²) < 4.78 is 6.62. The zero-order valence-corrected chi connectivity index (χ0v) is 12.6. The number of aliphatic hydroxyl groups is 3. The second-order valence-electron chi connectivity index (χ2n) is 4.84. The zero-order valence-electron chi connectivity index (χ0n) is 11.0. The van der Waals surface area contributed by atoms with Crippen LogP contribution in [0.2, 0.25) is 0 Å². The lowest BCUT2D eigenvalue weighted by Gasteiger charge is -2.17. The van der Waals surface area contributed by atoms with Gasteiger partial charge in [-0.2, -0.15) is 5.26 Å². The van der Waals surface area contributed by atoms with Crippen molar-refractivity contribution >= 4 is 27.0 Å². The van der Waals surface area contributed by atoms with Crippen molar-refractivity contribution in [2.45, 2.75) is 24.5 Å². The molecule has 1 fully saturated rings. The Morgan fingerprint density at radius 2 is 2.23 bits per heavy atom. The fourth-order valence-corrected chi connectivity index (χ4v) is 2.93. The molecule has 0 unspecified atom stereocenters. The van der Waals surface area contributed by atoms with E-state index < -0.39 is 36.7 Å². The molecule has 0 spiro atoms. The third-order valence-corrected chi connectivity index (χ3v) is 4.19. The Morgan fingerprint density at radius 3 is 2.82 bits per heavy atom. The highest BCUT2D eigenvalue weighted by molar-refractivity contribution is 9.10. The van der Waals surface area contributed by atoms with Gasteiger partial charge in [0.05, 0.1) is 12.2 Å². The van der Waals surface area contributed by atoms with E-state index in [1.807, 2.05) is 6.07 Å². The fourth-order valence-electron chi connectivity index (χ4n) is 2.46. The molecule has 1 aliphatic rings. The zero-order chi connectivity index (χ0) is 16.0. The molecule has 0 aromatic carbocycles. The molecule has 2 aromatic heterocycles. The van der Waals surface area contributed by atoms with E-state index in [9.17, 15) is 15.0 Å². The van der Waals surface area contributed by atoms with Crippen molar-refractivity contribution in [2.75, 3.05) is 6.61 Å². The van der Waals surface area contributed by atoms with Gasteiger partial charge in [0, 0.05) is 0 Å². The predicted molar refractivity (Wildman–Crippen MR) is 75.8 cm³/mol. The summed E-state index contributed by atoms with van der Waals surface area (Å²) in [6.07, 6.45) is -3.78. The predicted octanol–water partition coefficient (Wildman–Crippen LogP) is -1.03. The van der Waals surface area contributed by atoms with Crippen LogP contribution in [0.4, 0.5) is 0 Å². The average Bonchev–Trinajstić information content (AvgIpc) is 2.98. The summed E-state index contributed by atoms with van der Waals surface area (Å²) in [6.45, 7) is -0.502. The lowest BCUT2D eigenvalue weighted by atomic mass is 10.1. The van der Waals surface area contributed by atoms with Crippen molar-refractivity contribution in [1.82, 2.24) is 14.5 Å². The van der Waals surface area contributed by atoms with Crippen LogP contribution in [-0.4, -0.2) is 54.8 Å². The van der Waals surface area contributed by atoms with E-state index in [-0.39, 0.29) is 16.6 Å². The van der Waals surface area contributed by atoms with Gasteiger partial charge in [-0.15, -0.1) is 0 Å². The first kappa shape index (κ1) is 15.1.